The molecule has 0 aliphatic rings. The number of anilines is 1. The van der Waals surface area contributed by atoms with Gasteiger partial charge in [0.25, 0.3) is 5.91 Å². The minimum absolute atomic E-state index is 0.344. The van der Waals surface area contributed by atoms with Crippen molar-refractivity contribution in [1.82, 2.24) is 20.0 Å². The highest BCUT2D eigenvalue weighted by Gasteiger charge is 2.30. The van der Waals surface area contributed by atoms with Crippen molar-refractivity contribution in [1.29, 1.82) is 0 Å². The Balaban J connectivity index is 1.34. The van der Waals surface area contributed by atoms with Crippen molar-refractivity contribution in [3.05, 3.63) is 108 Å². The van der Waals surface area contributed by atoms with Gasteiger partial charge in [-0.1, -0.05) is 41.6 Å². The number of hydrogen-bond donors (Lipinski definition) is 1. The summed E-state index contributed by atoms with van der Waals surface area (Å²) in [5.41, 5.74) is 3.60. The second kappa shape index (κ2) is 9.61. The maximum atomic E-state index is 13.1. The van der Waals surface area contributed by atoms with Gasteiger partial charge in [-0.2, -0.15) is 13.2 Å². The number of pyridine rings is 1. The molecule has 36 heavy (non-hydrogen) atoms. The lowest BCUT2D eigenvalue weighted by Crippen LogP contribution is -2.13. The van der Waals surface area contributed by atoms with E-state index >= 15 is 0 Å². The molecule has 0 saturated carbocycles. The zero-order chi connectivity index (χ0) is 25.1. The van der Waals surface area contributed by atoms with Gasteiger partial charge < -0.3 is 5.32 Å². The van der Waals surface area contributed by atoms with E-state index in [0.29, 0.717) is 40.9 Å². The molecule has 0 saturated heterocycles. The molecule has 5 rings (SSSR count). The zero-order valence-corrected chi connectivity index (χ0v) is 18.9. The van der Waals surface area contributed by atoms with Crippen LogP contribution in [0, 0.1) is 0 Å². The van der Waals surface area contributed by atoms with Crippen molar-refractivity contribution >= 4 is 22.6 Å². The van der Waals surface area contributed by atoms with Crippen LogP contribution in [-0.2, 0) is 19.1 Å². The first-order chi connectivity index (χ1) is 17.4. The van der Waals surface area contributed by atoms with Crippen LogP contribution in [0.2, 0.25) is 0 Å². The number of hydrogen-bond acceptors (Lipinski definition) is 4. The molecule has 1 amide bonds. The number of fused-ring (bicyclic) bond motifs is 1. The maximum absolute atomic E-state index is 13.1. The van der Waals surface area contributed by atoms with Crippen molar-refractivity contribution in [2.24, 2.45) is 0 Å². The summed E-state index contributed by atoms with van der Waals surface area (Å²) in [6, 6.07) is 22.6. The molecule has 9 heteroatoms. The first-order valence-electron chi connectivity index (χ1n) is 11.2. The molecule has 0 radical (unpaired) electrons. The van der Waals surface area contributed by atoms with Crippen LogP contribution in [0.4, 0.5) is 18.9 Å². The van der Waals surface area contributed by atoms with Crippen LogP contribution in [0.5, 0.6) is 0 Å². The van der Waals surface area contributed by atoms with E-state index < -0.39 is 11.7 Å². The third-order valence-corrected chi connectivity index (χ3v) is 5.77. The smallest absolute Gasteiger partial charge is 0.322 e. The summed E-state index contributed by atoms with van der Waals surface area (Å²) in [7, 11) is 0. The molecule has 0 aliphatic carbocycles. The van der Waals surface area contributed by atoms with E-state index in [2.05, 4.69) is 20.6 Å². The highest BCUT2D eigenvalue weighted by molar-refractivity contribution is 6.09. The van der Waals surface area contributed by atoms with Crippen LogP contribution in [-0.4, -0.2) is 25.9 Å². The monoisotopic (exact) mass is 487 g/mol. The number of alkyl halides is 3. The van der Waals surface area contributed by atoms with Gasteiger partial charge >= 0.3 is 6.18 Å². The van der Waals surface area contributed by atoms with Gasteiger partial charge in [0.1, 0.15) is 5.52 Å². The predicted octanol–water partition coefficient (Wildman–Crippen LogP) is 6.01. The molecule has 0 atom stereocenters. The van der Waals surface area contributed by atoms with Crippen LogP contribution in [0.1, 0.15) is 21.6 Å². The van der Waals surface area contributed by atoms with Crippen molar-refractivity contribution in [3.63, 3.8) is 0 Å². The number of halogens is 3. The number of aryl methyl sites for hydroxylation is 2. The number of amides is 1. The van der Waals surface area contributed by atoms with E-state index in [0.717, 1.165) is 23.3 Å². The van der Waals surface area contributed by atoms with Crippen LogP contribution in [0.25, 0.3) is 22.2 Å². The van der Waals surface area contributed by atoms with E-state index in [1.165, 1.54) is 12.1 Å². The summed E-state index contributed by atoms with van der Waals surface area (Å²) < 4.78 is 40.6. The average Bonchev–Trinajstić information content (AvgIpc) is 3.30. The number of rotatable bonds is 6. The normalized spacial score (nSPS) is 11.5. The molecular weight excluding hydrogens is 467 g/mol. The first kappa shape index (κ1) is 23.2. The lowest BCUT2D eigenvalue weighted by Gasteiger charge is -2.12. The standard InChI is InChI=1S/C27H20F3N5O/c28-27(29,30)19-10-8-18(9-11-19)22-6-1-2-7-23(22)26(36)32-21-12-13-25-24(17-21)33-34-35(25)16-14-20-5-3-4-15-31-20/h1-13,15,17H,14,16H2,(H,32,36). The fourth-order valence-electron chi connectivity index (χ4n) is 3.95. The third kappa shape index (κ3) is 4.95. The molecule has 6 nitrogen and oxygen atoms in total. The quantitative estimate of drug-likeness (QED) is 0.319. The molecule has 0 bridgehead atoms. The molecule has 2 aromatic heterocycles. The van der Waals surface area contributed by atoms with Crippen LogP contribution >= 0.6 is 0 Å². The molecule has 0 fully saturated rings. The second-order valence-corrected chi connectivity index (χ2v) is 8.16. The third-order valence-electron chi connectivity index (χ3n) is 5.77. The van der Waals surface area contributed by atoms with Gasteiger partial charge in [0, 0.05) is 36.1 Å². The highest BCUT2D eigenvalue weighted by atomic mass is 19.4. The van der Waals surface area contributed by atoms with Gasteiger partial charge in [-0.25, -0.2) is 4.68 Å². The molecule has 5 aromatic rings. The lowest BCUT2D eigenvalue weighted by atomic mass is 9.98. The van der Waals surface area contributed by atoms with Gasteiger partial charge in [-0.3, -0.25) is 9.78 Å². The molecule has 0 spiro atoms. The minimum atomic E-state index is -4.42. The van der Waals surface area contributed by atoms with E-state index in [-0.39, 0.29) is 5.91 Å². The summed E-state index contributed by atoms with van der Waals surface area (Å²) in [5.74, 6) is -0.382. The number of nitrogens with zero attached hydrogens (tertiary/aromatic N) is 4. The van der Waals surface area contributed by atoms with Crippen LogP contribution < -0.4 is 5.32 Å². The van der Waals surface area contributed by atoms with Gasteiger partial charge in [0.05, 0.1) is 11.1 Å². The summed E-state index contributed by atoms with van der Waals surface area (Å²) in [4.78, 5) is 17.4. The minimum Gasteiger partial charge on any atom is -0.322 e. The number of carbonyl (C=O) groups excluding carboxylic acids is 1. The summed E-state index contributed by atoms with van der Waals surface area (Å²) in [6.45, 7) is 0.611. The Hall–Kier alpha value is -4.53. The molecule has 2 heterocycles. The second-order valence-electron chi connectivity index (χ2n) is 8.16. The van der Waals surface area contributed by atoms with Gasteiger partial charge in [0.15, 0.2) is 0 Å². The molecular formula is C27H20F3N5O. The first-order valence-corrected chi connectivity index (χ1v) is 11.2. The van der Waals surface area contributed by atoms with Crippen molar-refractivity contribution < 1.29 is 18.0 Å². The van der Waals surface area contributed by atoms with E-state index in [1.807, 2.05) is 24.3 Å². The Labute approximate surface area is 204 Å². The van der Waals surface area contributed by atoms with E-state index in [4.69, 9.17) is 0 Å². The Morgan fingerprint density at radius 1 is 0.917 bits per heavy atom. The lowest BCUT2D eigenvalue weighted by molar-refractivity contribution is -0.137. The molecule has 0 unspecified atom stereocenters. The largest absolute Gasteiger partial charge is 0.416 e. The summed E-state index contributed by atoms with van der Waals surface area (Å²) in [5, 5.41) is 11.3. The van der Waals surface area contributed by atoms with Crippen molar-refractivity contribution in [2.45, 2.75) is 19.1 Å². The molecule has 1 N–H and O–H groups in total. The van der Waals surface area contributed by atoms with Gasteiger partial charge in [-0.15, -0.1) is 5.10 Å². The fraction of sp³-hybridized carbons (Fsp3) is 0.111. The van der Waals surface area contributed by atoms with E-state index in [1.54, 1.807) is 47.3 Å². The zero-order valence-electron chi connectivity index (χ0n) is 18.9. The molecule has 3 aromatic carbocycles. The van der Waals surface area contributed by atoms with Crippen LogP contribution in [0.3, 0.4) is 0 Å². The van der Waals surface area contributed by atoms with Crippen molar-refractivity contribution in [2.75, 3.05) is 5.32 Å². The van der Waals surface area contributed by atoms with Crippen molar-refractivity contribution in [3.8, 4) is 11.1 Å². The highest BCUT2D eigenvalue weighted by Crippen LogP contribution is 2.32. The molecule has 180 valence electrons. The van der Waals surface area contributed by atoms with E-state index in [9.17, 15) is 18.0 Å². The number of carbonyl (C=O) groups is 1. The Bertz CT molecular complexity index is 1510. The van der Waals surface area contributed by atoms with Gasteiger partial charge in [-0.05, 0) is 59.7 Å². The predicted molar refractivity (Wildman–Crippen MR) is 130 cm³/mol. The number of aromatic nitrogens is 4. The topological polar surface area (TPSA) is 72.7 Å². The SMILES string of the molecule is O=C(Nc1ccc2c(c1)nnn2CCc1ccccn1)c1ccccc1-c1ccc(C(F)(F)F)cc1. The number of nitrogens with one attached hydrogen (secondary N) is 1. The Morgan fingerprint density at radius 3 is 2.44 bits per heavy atom. The Morgan fingerprint density at radius 2 is 1.69 bits per heavy atom. The summed E-state index contributed by atoms with van der Waals surface area (Å²) >= 11 is 0. The summed E-state index contributed by atoms with van der Waals surface area (Å²) in [6.07, 6.45) is -1.97. The molecule has 0 aliphatic heterocycles. The number of benzene rings is 3. The fourth-order valence-corrected chi connectivity index (χ4v) is 3.95. The maximum Gasteiger partial charge on any atom is 0.416 e. The Kier molecular flexibility index (Phi) is 6.20. The van der Waals surface area contributed by atoms with Crippen LogP contribution in [0.15, 0.2) is 91.1 Å². The van der Waals surface area contributed by atoms with Gasteiger partial charge in [0.2, 0.25) is 0 Å². The average molecular weight is 487 g/mol.